The van der Waals surface area contributed by atoms with Crippen LogP contribution in [0.1, 0.15) is 0 Å². The Kier molecular flexibility index (Phi) is 16.1. The van der Waals surface area contributed by atoms with E-state index in [1.54, 1.807) is 0 Å². The van der Waals surface area contributed by atoms with Gasteiger partial charge in [0.2, 0.25) is 0 Å². The Morgan fingerprint density at radius 2 is 0.415 bits per heavy atom. The van der Waals surface area contributed by atoms with Crippen molar-refractivity contribution >= 4 is 130 Å². The Hall–Kier alpha value is -15.9. The fourth-order valence-electron chi connectivity index (χ4n) is 18.1. The predicted octanol–water partition coefficient (Wildman–Crippen LogP) is 28.5. The Bertz CT molecular complexity index is 7590. The minimum atomic E-state index is 0.675. The van der Waals surface area contributed by atoms with Crippen molar-refractivity contribution in [3.63, 3.8) is 0 Å². The Morgan fingerprint density at radius 1 is 0.161 bits per heavy atom. The van der Waals surface area contributed by atoms with Crippen molar-refractivity contribution in [1.82, 2.24) is 39.0 Å². The van der Waals surface area contributed by atoms with Crippen LogP contribution in [-0.4, -0.2) is 39.0 Å². The third kappa shape index (κ3) is 11.4. The maximum Gasteiger partial charge on any atom is 0.160 e. The number of benzene rings is 18. The molecule has 18 aromatic carbocycles. The van der Waals surface area contributed by atoms with Gasteiger partial charge in [0.15, 0.2) is 11.6 Å². The number of nitrogens with zero attached hydrogens (tertiary/aromatic N) is 8. The molecule has 0 bridgehead atoms. The highest BCUT2D eigenvalue weighted by Crippen LogP contribution is 2.46. The molecule has 24 rings (SSSR count). The van der Waals surface area contributed by atoms with Gasteiger partial charge in [-0.05, 0) is 137 Å². The van der Waals surface area contributed by atoms with E-state index >= 15 is 0 Å². The zero-order valence-electron chi connectivity index (χ0n) is 63.8. The van der Waals surface area contributed by atoms with E-state index < -0.39 is 0 Å². The molecule has 118 heavy (non-hydrogen) atoms. The molecule has 0 saturated heterocycles. The summed E-state index contributed by atoms with van der Waals surface area (Å²) in [6.45, 7) is 0. The van der Waals surface area contributed by atoms with E-state index in [-0.39, 0.29) is 0 Å². The molecule has 0 fully saturated rings. The van der Waals surface area contributed by atoms with Crippen LogP contribution in [0.25, 0.3) is 232 Å². The van der Waals surface area contributed by atoms with Gasteiger partial charge in [0.1, 0.15) is 0 Å². The number of fused-ring (bicyclic) bond motifs is 22. The van der Waals surface area contributed by atoms with Gasteiger partial charge < -0.3 is 9.13 Å². The van der Waals surface area contributed by atoms with Crippen LogP contribution in [0.3, 0.4) is 0 Å². The highest BCUT2D eigenvalue weighted by molar-refractivity contribution is 6.28. The molecule has 0 amide bonds. The first kappa shape index (κ1) is 67.8. The fourth-order valence-corrected chi connectivity index (χ4v) is 18.1. The minimum absolute atomic E-state index is 0.675. The number of rotatable bonds is 10. The highest BCUT2D eigenvalue weighted by Gasteiger charge is 2.25. The number of pyridine rings is 2. The molecular weight excluding hydrogens is 1430 g/mol. The maximum atomic E-state index is 5.37. The summed E-state index contributed by atoms with van der Waals surface area (Å²) in [5, 5.41) is 21.8. The minimum Gasteiger partial charge on any atom is -0.308 e. The number of hydrogen-bond donors (Lipinski definition) is 0. The lowest BCUT2D eigenvalue weighted by molar-refractivity contribution is 1.18. The largest absolute Gasteiger partial charge is 0.308 e. The molecule has 24 aromatic rings. The first-order valence-corrected chi connectivity index (χ1v) is 40.1. The number of para-hydroxylation sites is 6. The van der Waals surface area contributed by atoms with Crippen LogP contribution < -0.4 is 0 Å². The number of hydrogen-bond acceptors (Lipinski definition) is 6. The van der Waals surface area contributed by atoms with Crippen molar-refractivity contribution in [2.24, 2.45) is 0 Å². The van der Waals surface area contributed by atoms with Gasteiger partial charge >= 0.3 is 0 Å². The summed E-state index contributed by atoms with van der Waals surface area (Å²) >= 11 is 0. The lowest BCUT2D eigenvalue weighted by atomic mass is 9.92. The SMILES string of the molecule is c1ccc(-c2cc(-c3ccc4c5ccccc5c5ccccc5c4c3)nc(-c3ccc(-c4nc5ccccc5c5c4c4ccccc4n5-c4ccccc4)cc3)n2)cc1.c1ccc(-c2nc(-c3ccc(-c4nc5ccccc5c5c4c4ccccc4n5-c4ccccc4)cc3)cc(-c3ccc4c5ccccc5c5ccccc5c4c3)n2)cc1. The summed E-state index contributed by atoms with van der Waals surface area (Å²) < 4.78 is 4.77. The lowest BCUT2D eigenvalue weighted by Gasteiger charge is -2.13. The summed E-state index contributed by atoms with van der Waals surface area (Å²) in [4.78, 5) is 31.6. The molecule has 0 atom stereocenters. The standard InChI is InChI=1S/2C55H34N4/c1-3-15-37(16-4-1)55-57-49(34-50(58-55)38-31-32-44-42-21-8-7-19-40(42)41-20-9-10-22-43(41)47(44)33-38)35-27-29-36(30-28-35)53-52-46-24-12-14-26-51(46)59(39-17-5-2-6-18-39)54(52)45-23-11-13-25-48(45)56-53;1-3-15-35(16-4-1)49-34-50(38-31-32-44-42-21-8-7-19-40(42)41-20-9-10-22-43(41)47(44)33-38)58-55(57-49)37-29-27-36(28-30-37)53-52-46-24-12-14-26-51(46)59(39-17-5-2-6-18-39)54(52)45-23-11-13-25-48(45)56-53/h2*1-34H. The molecular formula is C110H68N8. The van der Waals surface area contributed by atoms with E-state index in [2.05, 4.69) is 397 Å². The van der Waals surface area contributed by atoms with Crippen molar-refractivity contribution in [3.05, 3.63) is 413 Å². The fraction of sp³-hybridized carbons (Fsp3) is 0. The van der Waals surface area contributed by atoms with Crippen LogP contribution in [0.15, 0.2) is 413 Å². The van der Waals surface area contributed by atoms with Gasteiger partial charge in [-0.15, -0.1) is 0 Å². The zero-order chi connectivity index (χ0) is 77.7. The molecule has 0 radical (unpaired) electrons. The molecule has 0 N–H and O–H groups in total. The first-order chi connectivity index (χ1) is 58.5. The normalized spacial score (nSPS) is 11.7. The monoisotopic (exact) mass is 1500 g/mol. The van der Waals surface area contributed by atoms with Crippen molar-refractivity contribution in [3.8, 4) is 102 Å². The average Bonchev–Trinajstić information content (AvgIpc) is 1.54. The molecule has 8 nitrogen and oxygen atoms in total. The van der Waals surface area contributed by atoms with E-state index in [9.17, 15) is 0 Å². The maximum absolute atomic E-state index is 5.37. The van der Waals surface area contributed by atoms with Crippen molar-refractivity contribution in [2.75, 3.05) is 0 Å². The van der Waals surface area contributed by atoms with Gasteiger partial charge in [0.05, 0.1) is 67.3 Å². The third-order valence-corrected chi connectivity index (χ3v) is 23.5. The van der Waals surface area contributed by atoms with Gasteiger partial charge in [0.25, 0.3) is 0 Å². The topological polar surface area (TPSA) is 87.2 Å². The van der Waals surface area contributed by atoms with Crippen molar-refractivity contribution in [1.29, 1.82) is 0 Å². The Balaban J connectivity index is 0.000000138. The van der Waals surface area contributed by atoms with E-state index in [4.69, 9.17) is 29.9 Å². The average molecular weight is 1500 g/mol. The highest BCUT2D eigenvalue weighted by atomic mass is 15.0. The van der Waals surface area contributed by atoms with Gasteiger partial charge in [-0.25, -0.2) is 29.9 Å². The van der Waals surface area contributed by atoms with Crippen LogP contribution in [0.4, 0.5) is 0 Å². The molecule has 8 heteroatoms. The summed E-state index contributed by atoms with van der Waals surface area (Å²) in [6, 6.07) is 146. The Morgan fingerprint density at radius 3 is 0.797 bits per heavy atom. The first-order valence-electron chi connectivity index (χ1n) is 40.1. The molecule has 0 unspecified atom stereocenters. The second-order valence-electron chi connectivity index (χ2n) is 30.3. The molecule has 0 aliphatic carbocycles. The van der Waals surface area contributed by atoms with Crippen molar-refractivity contribution in [2.45, 2.75) is 0 Å². The van der Waals surface area contributed by atoms with Crippen LogP contribution in [0, 0.1) is 0 Å². The number of aromatic nitrogens is 8. The van der Waals surface area contributed by atoms with E-state index in [1.807, 2.05) is 24.3 Å². The van der Waals surface area contributed by atoms with Gasteiger partial charge in [-0.1, -0.05) is 340 Å². The summed E-state index contributed by atoms with van der Waals surface area (Å²) in [6.07, 6.45) is 0. The molecule has 0 aliphatic heterocycles. The molecule has 0 aliphatic rings. The van der Waals surface area contributed by atoms with Gasteiger partial charge in [-0.2, -0.15) is 0 Å². The quantitative estimate of drug-likeness (QED) is 0.127. The van der Waals surface area contributed by atoms with E-state index in [1.165, 1.54) is 75.4 Å². The van der Waals surface area contributed by atoms with Crippen LogP contribution in [-0.2, 0) is 0 Å². The zero-order valence-corrected chi connectivity index (χ0v) is 63.8. The lowest BCUT2D eigenvalue weighted by Crippen LogP contribution is -1.97. The van der Waals surface area contributed by atoms with E-state index in [0.29, 0.717) is 11.6 Å². The molecule has 6 heterocycles. The second kappa shape index (κ2) is 28.0. The van der Waals surface area contributed by atoms with Gasteiger partial charge in [-0.3, -0.25) is 0 Å². The van der Waals surface area contributed by atoms with Gasteiger partial charge in [0, 0.05) is 88.2 Å². The predicted molar refractivity (Wildman–Crippen MR) is 492 cm³/mol. The third-order valence-electron chi connectivity index (χ3n) is 23.5. The van der Waals surface area contributed by atoms with Crippen LogP contribution in [0.5, 0.6) is 0 Å². The summed E-state index contributed by atoms with van der Waals surface area (Å²) in [5.41, 5.74) is 22.3. The Labute approximate surface area is 678 Å². The van der Waals surface area contributed by atoms with Crippen molar-refractivity contribution < 1.29 is 0 Å². The molecule has 548 valence electrons. The second-order valence-corrected chi connectivity index (χ2v) is 30.3. The van der Waals surface area contributed by atoms with Crippen LogP contribution >= 0.6 is 0 Å². The molecule has 0 spiro atoms. The van der Waals surface area contributed by atoms with Crippen LogP contribution in [0.2, 0.25) is 0 Å². The molecule has 0 saturated carbocycles. The summed E-state index contributed by atoms with van der Waals surface area (Å²) in [7, 11) is 0. The van der Waals surface area contributed by atoms with E-state index in [0.717, 1.165) is 145 Å². The molecule has 6 aromatic heterocycles. The smallest absolute Gasteiger partial charge is 0.160 e. The summed E-state index contributed by atoms with van der Waals surface area (Å²) in [5.74, 6) is 1.37.